The summed E-state index contributed by atoms with van der Waals surface area (Å²) in [7, 11) is -3.52. The van der Waals surface area contributed by atoms with Crippen LogP contribution >= 0.6 is 0 Å². The van der Waals surface area contributed by atoms with Crippen LogP contribution in [0.2, 0.25) is 0 Å². The lowest BCUT2D eigenvalue weighted by molar-refractivity contribution is 0.561. The van der Waals surface area contributed by atoms with Crippen molar-refractivity contribution in [2.75, 3.05) is 6.54 Å². The van der Waals surface area contributed by atoms with Crippen LogP contribution in [0, 0.1) is 13.8 Å². The Labute approximate surface area is 147 Å². The van der Waals surface area contributed by atoms with Gasteiger partial charge in [0.2, 0.25) is 10.0 Å². The summed E-state index contributed by atoms with van der Waals surface area (Å²) in [5.41, 5.74) is 3.57. The molecule has 0 aliphatic rings. The zero-order valence-corrected chi connectivity index (χ0v) is 15.0. The molecular formula is C18H20N4O2S. The molecule has 0 spiro atoms. The fraction of sp³-hybridized carbons (Fsp3) is 0.222. The third-order valence-electron chi connectivity index (χ3n) is 3.99. The third-order valence-corrected chi connectivity index (χ3v) is 5.45. The summed E-state index contributed by atoms with van der Waals surface area (Å²) in [6.07, 6.45) is 3.53. The molecule has 0 amide bonds. The van der Waals surface area contributed by atoms with Crippen molar-refractivity contribution in [3.8, 4) is 11.4 Å². The van der Waals surface area contributed by atoms with Crippen LogP contribution in [0.5, 0.6) is 0 Å². The van der Waals surface area contributed by atoms with E-state index in [0.29, 0.717) is 6.54 Å². The summed E-state index contributed by atoms with van der Waals surface area (Å²) in [6, 6.07) is 12.6. The SMILES string of the molecule is Cc1ccc(S(=O)(=O)NCCn2ccc(-c3ccccn3)n2)cc1C. The first kappa shape index (κ1) is 17.3. The van der Waals surface area contributed by atoms with Crippen molar-refractivity contribution in [2.24, 2.45) is 0 Å². The van der Waals surface area contributed by atoms with Crippen LogP contribution in [0.3, 0.4) is 0 Å². The molecule has 1 aromatic carbocycles. The summed E-state index contributed by atoms with van der Waals surface area (Å²) in [5, 5.41) is 4.42. The van der Waals surface area contributed by atoms with E-state index in [1.807, 2.05) is 50.4 Å². The lowest BCUT2D eigenvalue weighted by Gasteiger charge is -2.09. The summed E-state index contributed by atoms with van der Waals surface area (Å²) in [6.45, 7) is 4.56. The van der Waals surface area contributed by atoms with E-state index in [1.165, 1.54) is 0 Å². The van der Waals surface area contributed by atoms with Crippen LogP contribution in [0.1, 0.15) is 11.1 Å². The highest BCUT2D eigenvalue weighted by Gasteiger charge is 2.14. The maximum absolute atomic E-state index is 12.4. The van der Waals surface area contributed by atoms with Gasteiger partial charge in [0, 0.05) is 18.9 Å². The van der Waals surface area contributed by atoms with Crippen molar-refractivity contribution < 1.29 is 8.42 Å². The van der Waals surface area contributed by atoms with E-state index in [2.05, 4.69) is 14.8 Å². The zero-order valence-electron chi connectivity index (χ0n) is 14.2. The Balaban J connectivity index is 1.63. The number of rotatable bonds is 6. The normalized spacial score (nSPS) is 11.6. The van der Waals surface area contributed by atoms with Crippen molar-refractivity contribution in [1.82, 2.24) is 19.5 Å². The van der Waals surface area contributed by atoms with E-state index in [-0.39, 0.29) is 11.4 Å². The molecule has 0 atom stereocenters. The van der Waals surface area contributed by atoms with E-state index >= 15 is 0 Å². The summed E-state index contributed by atoms with van der Waals surface area (Å²) < 4.78 is 29.0. The number of hydrogen-bond donors (Lipinski definition) is 1. The summed E-state index contributed by atoms with van der Waals surface area (Å²) in [5.74, 6) is 0. The molecule has 2 heterocycles. The lowest BCUT2D eigenvalue weighted by Crippen LogP contribution is -2.27. The second-order valence-electron chi connectivity index (χ2n) is 5.82. The van der Waals surface area contributed by atoms with Crippen molar-refractivity contribution >= 4 is 10.0 Å². The highest BCUT2D eigenvalue weighted by molar-refractivity contribution is 7.89. The highest BCUT2D eigenvalue weighted by atomic mass is 32.2. The Morgan fingerprint density at radius 3 is 2.60 bits per heavy atom. The van der Waals surface area contributed by atoms with Gasteiger partial charge in [0.05, 0.1) is 17.1 Å². The molecule has 6 nitrogen and oxygen atoms in total. The van der Waals surface area contributed by atoms with Gasteiger partial charge in [-0.05, 0) is 55.3 Å². The molecule has 3 rings (SSSR count). The average Bonchev–Trinajstić information content (AvgIpc) is 3.07. The summed E-state index contributed by atoms with van der Waals surface area (Å²) in [4.78, 5) is 4.53. The van der Waals surface area contributed by atoms with Gasteiger partial charge in [0.15, 0.2) is 0 Å². The first-order valence-electron chi connectivity index (χ1n) is 7.97. The van der Waals surface area contributed by atoms with E-state index in [4.69, 9.17) is 0 Å². The molecule has 0 aliphatic heterocycles. The average molecular weight is 356 g/mol. The summed E-state index contributed by atoms with van der Waals surface area (Å²) >= 11 is 0. The Morgan fingerprint density at radius 1 is 1.04 bits per heavy atom. The van der Waals surface area contributed by atoms with Crippen LogP contribution in [0.15, 0.2) is 59.8 Å². The van der Waals surface area contributed by atoms with Gasteiger partial charge in [-0.2, -0.15) is 5.10 Å². The van der Waals surface area contributed by atoms with Gasteiger partial charge < -0.3 is 0 Å². The molecule has 130 valence electrons. The van der Waals surface area contributed by atoms with Crippen molar-refractivity contribution in [3.63, 3.8) is 0 Å². The first-order valence-corrected chi connectivity index (χ1v) is 9.46. The Kier molecular flexibility index (Phi) is 4.96. The maximum Gasteiger partial charge on any atom is 0.240 e. The zero-order chi connectivity index (χ0) is 17.9. The van der Waals surface area contributed by atoms with Crippen LogP contribution in [0.4, 0.5) is 0 Å². The number of nitrogens with one attached hydrogen (secondary N) is 1. The minimum Gasteiger partial charge on any atom is -0.271 e. The fourth-order valence-electron chi connectivity index (χ4n) is 2.40. The van der Waals surface area contributed by atoms with Crippen LogP contribution in [-0.2, 0) is 16.6 Å². The minimum atomic E-state index is -3.52. The maximum atomic E-state index is 12.4. The smallest absolute Gasteiger partial charge is 0.240 e. The van der Waals surface area contributed by atoms with Gasteiger partial charge in [-0.15, -0.1) is 0 Å². The van der Waals surface area contributed by atoms with E-state index in [0.717, 1.165) is 22.5 Å². The van der Waals surface area contributed by atoms with Gasteiger partial charge in [-0.1, -0.05) is 12.1 Å². The van der Waals surface area contributed by atoms with Gasteiger partial charge in [-0.3, -0.25) is 9.67 Å². The number of benzene rings is 1. The van der Waals surface area contributed by atoms with Crippen molar-refractivity contribution in [3.05, 3.63) is 66.0 Å². The van der Waals surface area contributed by atoms with Crippen LogP contribution in [-0.4, -0.2) is 29.7 Å². The molecule has 1 N–H and O–H groups in total. The Hall–Kier alpha value is -2.51. The van der Waals surface area contributed by atoms with Crippen molar-refractivity contribution in [2.45, 2.75) is 25.3 Å². The molecule has 0 saturated heterocycles. The monoisotopic (exact) mass is 356 g/mol. The van der Waals surface area contributed by atoms with E-state index < -0.39 is 10.0 Å². The van der Waals surface area contributed by atoms with Crippen LogP contribution in [0.25, 0.3) is 11.4 Å². The number of pyridine rings is 1. The van der Waals surface area contributed by atoms with Gasteiger partial charge in [0.1, 0.15) is 5.69 Å². The first-order chi connectivity index (χ1) is 12.0. The molecule has 7 heteroatoms. The molecule has 0 aliphatic carbocycles. The molecule has 3 aromatic rings. The lowest BCUT2D eigenvalue weighted by atomic mass is 10.1. The minimum absolute atomic E-state index is 0.262. The molecule has 0 radical (unpaired) electrons. The largest absolute Gasteiger partial charge is 0.271 e. The predicted molar refractivity (Wildman–Crippen MR) is 96.6 cm³/mol. The second-order valence-corrected chi connectivity index (χ2v) is 7.59. The Bertz CT molecular complexity index is 966. The molecule has 2 aromatic heterocycles. The third kappa shape index (κ3) is 4.12. The molecule has 0 fully saturated rings. The molecular weight excluding hydrogens is 336 g/mol. The molecule has 0 saturated carbocycles. The predicted octanol–water partition coefficient (Wildman–Crippen LogP) is 2.54. The Morgan fingerprint density at radius 2 is 1.88 bits per heavy atom. The van der Waals surface area contributed by atoms with Crippen LogP contribution < -0.4 is 4.72 Å². The topological polar surface area (TPSA) is 76.9 Å². The van der Waals surface area contributed by atoms with Gasteiger partial charge >= 0.3 is 0 Å². The quantitative estimate of drug-likeness (QED) is 0.736. The molecule has 0 unspecified atom stereocenters. The number of sulfonamides is 1. The van der Waals surface area contributed by atoms with Gasteiger partial charge in [-0.25, -0.2) is 13.1 Å². The highest BCUT2D eigenvalue weighted by Crippen LogP contribution is 2.15. The number of aromatic nitrogens is 3. The van der Waals surface area contributed by atoms with Crippen molar-refractivity contribution in [1.29, 1.82) is 0 Å². The number of aryl methyl sites for hydroxylation is 2. The number of nitrogens with zero attached hydrogens (tertiary/aromatic N) is 3. The van der Waals surface area contributed by atoms with Gasteiger partial charge in [0.25, 0.3) is 0 Å². The fourth-order valence-corrected chi connectivity index (χ4v) is 3.50. The van der Waals surface area contributed by atoms with E-state index in [1.54, 1.807) is 23.0 Å². The number of hydrogen-bond acceptors (Lipinski definition) is 4. The van der Waals surface area contributed by atoms with E-state index in [9.17, 15) is 8.42 Å². The second kappa shape index (κ2) is 7.16. The standard InChI is InChI=1S/C18H20N4O2S/c1-14-6-7-16(13-15(14)2)25(23,24)20-10-12-22-11-8-18(21-22)17-5-3-4-9-19-17/h3-9,11,13,20H,10,12H2,1-2H3. The molecule has 0 bridgehead atoms. The molecule has 25 heavy (non-hydrogen) atoms.